The molecule has 4 nitrogen and oxygen atoms in total. The van der Waals surface area contributed by atoms with Gasteiger partial charge in [0.2, 0.25) is 0 Å². The van der Waals surface area contributed by atoms with Crippen LogP contribution in [0.15, 0.2) is 0 Å². The maximum absolute atomic E-state index is 11.1. The van der Waals surface area contributed by atoms with Gasteiger partial charge in [-0.05, 0) is 25.7 Å². The van der Waals surface area contributed by atoms with E-state index in [1.807, 2.05) is 14.1 Å². The van der Waals surface area contributed by atoms with Gasteiger partial charge >= 0.3 is 5.91 Å². The molecule has 0 rings (SSSR count). The third-order valence-corrected chi connectivity index (χ3v) is 8.80. The van der Waals surface area contributed by atoms with Crippen molar-refractivity contribution in [1.82, 2.24) is 0 Å². The molecule has 40 heavy (non-hydrogen) atoms. The number of rotatable bonds is 29. The van der Waals surface area contributed by atoms with E-state index in [1.54, 1.807) is 0 Å². The van der Waals surface area contributed by atoms with Gasteiger partial charge in [0.05, 0.1) is 41.3 Å². The van der Waals surface area contributed by atoms with Crippen LogP contribution in [0.5, 0.6) is 0 Å². The van der Waals surface area contributed by atoms with Gasteiger partial charge in [-0.15, -0.1) is 0 Å². The molecule has 246 valence electrons. The summed E-state index contributed by atoms with van der Waals surface area (Å²) in [6.45, 7) is 6.78. The summed E-state index contributed by atoms with van der Waals surface area (Å²) in [4.78, 5) is 0. The summed E-state index contributed by atoms with van der Waals surface area (Å²) in [5.41, 5.74) is 0. The van der Waals surface area contributed by atoms with Gasteiger partial charge in [0.1, 0.15) is 0 Å². The predicted octanol–water partition coefficient (Wildman–Crippen LogP) is 3.19. The normalized spacial score (nSPS) is 12.3. The molecule has 0 aliphatic carbocycles. The summed E-state index contributed by atoms with van der Waals surface area (Å²) < 4.78 is 0.940. The first-order chi connectivity index (χ1) is 18.1. The van der Waals surface area contributed by atoms with E-state index in [2.05, 4.69) is 27.9 Å². The Morgan fingerprint density at radius 1 is 0.400 bits per heavy atom. The van der Waals surface area contributed by atoms with Gasteiger partial charge in [0.15, 0.2) is 6.54 Å². The highest BCUT2D eigenvalue weighted by Gasteiger charge is 2.47. The summed E-state index contributed by atoms with van der Waals surface area (Å²) in [6.07, 6.45) is 32.3. The van der Waals surface area contributed by atoms with Gasteiger partial charge in [-0.1, -0.05) is 142 Å². The number of unbranched alkanes of at least 4 members (excludes halogenated alkanes) is 22. The van der Waals surface area contributed by atoms with Gasteiger partial charge < -0.3 is 48.7 Å². The maximum atomic E-state index is 11.1. The van der Waals surface area contributed by atoms with E-state index in [0.29, 0.717) is 11.0 Å². The molecule has 0 heterocycles. The van der Waals surface area contributed by atoms with E-state index in [1.165, 1.54) is 148 Å². The van der Waals surface area contributed by atoms with E-state index in [0.717, 1.165) is 19.5 Å². The van der Waals surface area contributed by atoms with Crippen molar-refractivity contribution in [2.45, 2.75) is 174 Å². The van der Waals surface area contributed by atoms with Crippen LogP contribution < -0.4 is 34.0 Å². The van der Waals surface area contributed by atoms with Crippen molar-refractivity contribution >= 4 is 0 Å². The highest BCUT2D eigenvalue weighted by molar-refractivity contribution is 4.55. The molecule has 6 heteroatoms. The molecule has 0 radical (unpaired) electrons. The monoisotopic (exact) mass is 700 g/mol. The summed E-state index contributed by atoms with van der Waals surface area (Å²) in [5, 5.41) is 22.1. The first-order valence-electron chi connectivity index (χ1n) is 17.2. The average molecular weight is 703 g/mol. The molecule has 0 bridgehead atoms. The Labute approximate surface area is 273 Å². The molecular weight excluding hydrogens is 628 g/mol. The quantitative estimate of drug-likeness (QED) is 0.0715. The molecule has 0 aromatic heterocycles. The SMILES string of the molecule is CCCCCCCCCCCCCC[N+](C)(C)CC(O)(O)[N+](C)(C)CCCCCCCCCCCCCC.[Br-].[Br-]. The van der Waals surface area contributed by atoms with Crippen LogP contribution in [0, 0.1) is 0 Å². The first kappa shape index (κ1) is 45.2. The fraction of sp³-hybridized carbons (Fsp3) is 1.00. The molecule has 0 fully saturated rings. The minimum Gasteiger partial charge on any atom is -1.00 e. The molecule has 0 aromatic carbocycles. The molecule has 0 aliphatic rings. The topological polar surface area (TPSA) is 40.5 Å². The van der Waals surface area contributed by atoms with Crippen LogP contribution in [0.25, 0.3) is 0 Å². The Kier molecular flexibility index (Phi) is 32.3. The van der Waals surface area contributed by atoms with Gasteiger partial charge in [-0.2, -0.15) is 0 Å². The van der Waals surface area contributed by atoms with Gasteiger partial charge in [0, 0.05) is 0 Å². The van der Waals surface area contributed by atoms with Crippen LogP contribution in [0.1, 0.15) is 168 Å². The van der Waals surface area contributed by atoms with E-state index in [9.17, 15) is 10.2 Å². The van der Waals surface area contributed by atoms with Crippen LogP contribution in [-0.4, -0.2) is 72.9 Å². The lowest BCUT2D eigenvalue weighted by atomic mass is 10.0. The molecule has 0 aliphatic heterocycles. The molecular formula is C34H74Br2N2O2. The Morgan fingerprint density at radius 3 is 0.950 bits per heavy atom. The van der Waals surface area contributed by atoms with Crippen molar-refractivity contribution in [2.75, 3.05) is 47.8 Å². The average Bonchev–Trinajstić information content (AvgIpc) is 2.84. The Balaban J connectivity index is -0.00000684. The number of likely N-dealkylation sites (N-methyl/N-ethyl adjacent to an activating group) is 2. The first-order valence-corrected chi connectivity index (χ1v) is 17.2. The molecule has 0 atom stereocenters. The van der Waals surface area contributed by atoms with Crippen molar-refractivity contribution in [3.8, 4) is 0 Å². The molecule has 0 spiro atoms. The molecule has 0 saturated heterocycles. The Bertz CT molecular complexity index is 516. The van der Waals surface area contributed by atoms with Crippen molar-refractivity contribution in [1.29, 1.82) is 0 Å². The highest BCUT2D eigenvalue weighted by Crippen LogP contribution is 2.22. The van der Waals surface area contributed by atoms with E-state index in [-0.39, 0.29) is 38.4 Å². The maximum Gasteiger partial charge on any atom is 0.365 e. The van der Waals surface area contributed by atoms with Crippen molar-refractivity contribution < 1.29 is 53.1 Å². The molecule has 0 amide bonds. The second-order valence-electron chi connectivity index (χ2n) is 13.8. The van der Waals surface area contributed by atoms with Crippen LogP contribution >= 0.6 is 0 Å². The second-order valence-corrected chi connectivity index (χ2v) is 13.8. The second kappa shape index (κ2) is 28.6. The fourth-order valence-electron chi connectivity index (χ4n) is 5.75. The number of nitrogens with zero attached hydrogens (tertiary/aromatic N) is 2. The fourth-order valence-corrected chi connectivity index (χ4v) is 5.75. The Morgan fingerprint density at radius 2 is 0.650 bits per heavy atom. The summed E-state index contributed by atoms with van der Waals surface area (Å²) in [7, 11) is 8.29. The van der Waals surface area contributed by atoms with Crippen molar-refractivity contribution in [3.63, 3.8) is 0 Å². The number of aliphatic hydroxyl groups is 2. The van der Waals surface area contributed by atoms with Gasteiger partial charge in [0.25, 0.3) is 0 Å². The summed E-state index contributed by atoms with van der Waals surface area (Å²) >= 11 is 0. The smallest absolute Gasteiger partial charge is 0.365 e. The Hall–Kier alpha value is 0.800. The van der Waals surface area contributed by atoms with Crippen LogP contribution in [0.4, 0.5) is 0 Å². The minimum absolute atomic E-state index is 0. The van der Waals surface area contributed by atoms with Crippen molar-refractivity contribution in [3.05, 3.63) is 0 Å². The zero-order valence-corrected chi connectivity index (χ0v) is 31.3. The third-order valence-electron chi connectivity index (χ3n) is 8.80. The number of hydrogen-bond donors (Lipinski definition) is 2. The lowest BCUT2D eigenvalue weighted by Crippen LogP contribution is -3.00. The largest absolute Gasteiger partial charge is 1.00 e. The predicted molar refractivity (Wildman–Crippen MR) is 168 cm³/mol. The number of quaternary nitrogens is 2. The molecule has 2 N–H and O–H groups in total. The lowest BCUT2D eigenvalue weighted by molar-refractivity contribution is -1.03. The lowest BCUT2D eigenvalue weighted by Gasteiger charge is -2.44. The van der Waals surface area contributed by atoms with E-state index < -0.39 is 5.91 Å². The molecule has 0 aromatic rings. The number of halogens is 2. The molecule has 0 saturated carbocycles. The number of hydrogen-bond acceptors (Lipinski definition) is 2. The van der Waals surface area contributed by atoms with Crippen LogP contribution in [0.3, 0.4) is 0 Å². The summed E-state index contributed by atoms with van der Waals surface area (Å²) in [5.74, 6) is -1.68. The van der Waals surface area contributed by atoms with E-state index in [4.69, 9.17) is 0 Å². The molecule has 0 unspecified atom stereocenters. The minimum atomic E-state index is -1.68. The van der Waals surface area contributed by atoms with Gasteiger partial charge in [-0.3, -0.25) is 4.48 Å². The third kappa shape index (κ3) is 26.4. The zero-order valence-electron chi connectivity index (χ0n) is 28.1. The summed E-state index contributed by atoms with van der Waals surface area (Å²) in [6, 6.07) is 0. The van der Waals surface area contributed by atoms with Gasteiger partial charge in [-0.25, -0.2) is 0 Å². The van der Waals surface area contributed by atoms with Crippen LogP contribution in [-0.2, 0) is 0 Å². The highest BCUT2D eigenvalue weighted by atomic mass is 79.9. The van der Waals surface area contributed by atoms with Crippen LogP contribution in [0.2, 0.25) is 0 Å². The zero-order chi connectivity index (χ0) is 28.6. The van der Waals surface area contributed by atoms with Crippen molar-refractivity contribution in [2.24, 2.45) is 0 Å². The van der Waals surface area contributed by atoms with E-state index >= 15 is 0 Å². The standard InChI is InChI=1S/C34H74N2O2.2BrH/c1-7-9-11-13-15-17-19-21-23-25-27-29-31-35(3,4)33-34(37,38)36(5,6)32-30-28-26-24-22-20-18-16-14-12-10-8-2;;/h37-38H,7-33H2,1-6H3;2*1H/q+2;;/p-2.